The van der Waals surface area contributed by atoms with Gasteiger partial charge in [0.1, 0.15) is 12.1 Å². The lowest BCUT2D eigenvalue weighted by molar-refractivity contribution is -0.181. The minimum absolute atomic E-state index is 0.262. The first kappa shape index (κ1) is 25.9. The summed E-state index contributed by atoms with van der Waals surface area (Å²) >= 11 is 0. The van der Waals surface area contributed by atoms with Gasteiger partial charge in [-0.3, -0.25) is 9.59 Å². The van der Waals surface area contributed by atoms with E-state index >= 15 is 0 Å². The minimum atomic E-state index is -1.07. The van der Waals surface area contributed by atoms with Crippen molar-refractivity contribution in [3.63, 3.8) is 0 Å². The predicted molar refractivity (Wildman–Crippen MR) is 112 cm³/mol. The summed E-state index contributed by atoms with van der Waals surface area (Å²) < 4.78 is 11.3. The van der Waals surface area contributed by atoms with Crippen molar-refractivity contribution < 1.29 is 28.7 Å². The number of ether oxygens (including phenoxy) is 2. The molecule has 0 aromatic rings. The maximum absolute atomic E-state index is 13.2. The number of esters is 2. The molecule has 0 saturated carbocycles. The lowest BCUT2D eigenvalue weighted by Gasteiger charge is -2.38. The highest BCUT2D eigenvalue weighted by atomic mass is 16.6. The molecule has 0 bridgehead atoms. The molecule has 0 radical (unpaired) electrons. The Kier molecular flexibility index (Phi) is 8.87. The van der Waals surface area contributed by atoms with Crippen LogP contribution in [0.3, 0.4) is 0 Å². The molecule has 8 nitrogen and oxygen atoms in total. The van der Waals surface area contributed by atoms with Crippen LogP contribution >= 0.6 is 0 Å². The first-order valence-corrected chi connectivity index (χ1v) is 10.7. The van der Waals surface area contributed by atoms with Crippen LogP contribution in [0.5, 0.6) is 0 Å². The molecule has 1 fully saturated rings. The fourth-order valence-electron chi connectivity index (χ4n) is 3.76. The maximum atomic E-state index is 13.2. The van der Waals surface area contributed by atoms with Gasteiger partial charge in [-0.25, -0.2) is 9.59 Å². The fourth-order valence-corrected chi connectivity index (χ4v) is 3.76. The lowest BCUT2D eigenvalue weighted by Crippen LogP contribution is -2.57. The largest absolute Gasteiger partial charge is 0.450 e. The van der Waals surface area contributed by atoms with Gasteiger partial charge >= 0.3 is 11.9 Å². The van der Waals surface area contributed by atoms with Gasteiger partial charge in [0, 0.05) is 14.1 Å². The monoisotopic (exact) mass is 426 g/mol. The highest BCUT2D eigenvalue weighted by Gasteiger charge is 2.44. The first-order chi connectivity index (χ1) is 13.7. The molecule has 1 rings (SSSR count). The Morgan fingerprint density at radius 1 is 0.567 bits per heavy atom. The molecule has 1 aliphatic heterocycles. The number of hydrogen-bond donors (Lipinski definition) is 0. The minimum Gasteiger partial charge on any atom is -0.450 e. The van der Waals surface area contributed by atoms with E-state index in [-0.39, 0.29) is 23.7 Å². The van der Waals surface area contributed by atoms with Crippen molar-refractivity contribution in [1.29, 1.82) is 0 Å². The van der Waals surface area contributed by atoms with Gasteiger partial charge in [-0.2, -0.15) is 0 Å². The zero-order valence-corrected chi connectivity index (χ0v) is 20.0. The number of rotatable bonds is 4. The molecule has 0 aromatic carbocycles. The third-order valence-corrected chi connectivity index (χ3v) is 5.46. The van der Waals surface area contributed by atoms with Crippen LogP contribution in [0.1, 0.15) is 55.4 Å². The molecule has 0 N–H and O–H groups in total. The molecule has 0 spiro atoms. The van der Waals surface area contributed by atoms with Crippen molar-refractivity contribution in [2.45, 2.75) is 79.7 Å². The molecule has 2 amide bonds. The van der Waals surface area contributed by atoms with E-state index in [2.05, 4.69) is 0 Å². The van der Waals surface area contributed by atoms with Gasteiger partial charge in [0.05, 0.1) is 0 Å². The Hall–Kier alpha value is -2.12. The molecule has 1 heterocycles. The number of cyclic esters (lactones) is 2. The van der Waals surface area contributed by atoms with Gasteiger partial charge in [0.2, 0.25) is 0 Å². The van der Waals surface area contributed by atoms with Crippen molar-refractivity contribution in [2.75, 3.05) is 14.1 Å². The fraction of sp³-hybridized carbons (Fsp3) is 0.818. The van der Waals surface area contributed by atoms with Gasteiger partial charge in [0.25, 0.3) is 11.8 Å². The van der Waals surface area contributed by atoms with Crippen molar-refractivity contribution in [3.8, 4) is 0 Å². The summed E-state index contributed by atoms with van der Waals surface area (Å²) in [5.41, 5.74) is 0. The quantitative estimate of drug-likeness (QED) is 0.639. The zero-order chi connectivity index (χ0) is 23.5. The van der Waals surface area contributed by atoms with E-state index in [1.54, 1.807) is 55.4 Å². The van der Waals surface area contributed by atoms with E-state index in [9.17, 15) is 19.2 Å². The van der Waals surface area contributed by atoms with E-state index in [0.29, 0.717) is 0 Å². The molecule has 172 valence electrons. The molecule has 8 heteroatoms. The lowest BCUT2D eigenvalue weighted by atomic mass is 9.97. The Morgan fingerprint density at radius 2 is 0.833 bits per heavy atom. The Labute approximate surface area is 180 Å². The summed E-state index contributed by atoms with van der Waals surface area (Å²) in [6, 6.07) is -1.81. The average molecular weight is 427 g/mol. The number of amides is 2. The maximum Gasteiger partial charge on any atom is 0.329 e. The van der Waals surface area contributed by atoms with Gasteiger partial charge in [0.15, 0.2) is 12.2 Å². The van der Waals surface area contributed by atoms with E-state index in [1.807, 2.05) is 0 Å². The van der Waals surface area contributed by atoms with Gasteiger partial charge in [-0.05, 0) is 23.7 Å². The molecule has 1 aliphatic rings. The Bertz CT molecular complexity index is 602. The van der Waals surface area contributed by atoms with Crippen LogP contribution in [0.25, 0.3) is 0 Å². The SMILES string of the molecule is CC(C)[C@H]1C(=O)O[C@H](C(C)C)C(=O)N(C)[C@H](C(C)C)C(=O)O[C@H](C(C)C)C(=O)N1C. The van der Waals surface area contributed by atoms with Crippen LogP contribution in [0, 0.1) is 23.7 Å². The van der Waals surface area contributed by atoms with Crippen LogP contribution in [0.4, 0.5) is 0 Å². The molecule has 0 unspecified atom stereocenters. The van der Waals surface area contributed by atoms with Crippen LogP contribution in [0.15, 0.2) is 0 Å². The second kappa shape index (κ2) is 10.3. The number of carbonyl (C=O) groups is 4. The Balaban J connectivity index is 3.58. The summed E-state index contributed by atoms with van der Waals surface area (Å²) in [6.45, 7) is 14.3. The summed E-state index contributed by atoms with van der Waals surface area (Å²) in [5, 5.41) is 0. The molecule has 0 aliphatic carbocycles. The zero-order valence-electron chi connectivity index (χ0n) is 20.0. The van der Waals surface area contributed by atoms with Crippen molar-refractivity contribution in [1.82, 2.24) is 9.80 Å². The summed E-state index contributed by atoms with van der Waals surface area (Å²) in [7, 11) is 3.00. The molecular formula is C22H38N2O6. The summed E-state index contributed by atoms with van der Waals surface area (Å²) in [6.07, 6.45) is -2.14. The van der Waals surface area contributed by atoms with Crippen molar-refractivity contribution in [3.05, 3.63) is 0 Å². The van der Waals surface area contributed by atoms with Crippen LogP contribution in [0.2, 0.25) is 0 Å². The summed E-state index contributed by atoms with van der Waals surface area (Å²) in [5.74, 6) is -3.36. The summed E-state index contributed by atoms with van der Waals surface area (Å²) in [4.78, 5) is 55.1. The van der Waals surface area contributed by atoms with E-state index < -0.39 is 48.0 Å². The van der Waals surface area contributed by atoms with E-state index in [1.165, 1.54) is 23.9 Å². The number of hydrogen-bond acceptors (Lipinski definition) is 6. The first-order valence-electron chi connectivity index (χ1n) is 10.7. The third kappa shape index (κ3) is 5.52. The van der Waals surface area contributed by atoms with Gasteiger partial charge in [-0.1, -0.05) is 55.4 Å². The number of nitrogens with zero attached hydrogens (tertiary/aromatic N) is 2. The molecule has 4 atom stereocenters. The second-order valence-corrected chi connectivity index (χ2v) is 9.48. The topological polar surface area (TPSA) is 93.2 Å². The van der Waals surface area contributed by atoms with Crippen LogP contribution in [-0.2, 0) is 28.7 Å². The van der Waals surface area contributed by atoms with Crippen molar-refractivity contribution >= 4 is 23.8 Å². The molecular weight excluding hydrogens is 388 g/mol. The van der Waals surface area contributed by atoms with Crippen molar-refractivity contribution in [2.24, 2.45) is 23.7 Å². The van der Waals surface area contributed by atoms with Crippen LogP contribution < -0.4 is 0 Å². The smallest absolute Gasteiger partial charge is 0.329 e. The van der Waals surface area contributed by atoms with E-state index in [4.69, 9.17) is 9.47 Å². The van der Waals surface area contributed by atoms with Gasteiger partial charge in [-0.15, -0.1) is 0 Å². The Morgan fingerprint density at radius 3 is 1.03 bits per heavy atom. The molecule has 1 saturated heterocycles. The van der Waals surface area contributed by atoms with Crippen LogP contribution in [-0.4, -0.2) is 71.9 Å². The number of likely N-dealkylation sites (N-methyl/N-ethyl adjacent to an activating group) is 2. The highest BCUT2D eigenvalue weighted by molar-refractivity contribution is 5.93. The predicted octanol–water partition coefficient (Wildman–Crippen LogP) is 2.10. The van der Waals surface area contributed by atoms with Gasteiger partial charge < -0.3 is 19.3 Å². The second-order valence-electron chi connectivity index (χ2n) is 9.48. The molecule has 0 aromatic heterocycles. The third-order valence-electron chi connectivity index (χ3n) is 5.46. The van der Waals surface area contributed by atoms with E-state index in [0.717, 1.165) is 0 Å². The number of carbonyl (C=O) groups excluding carboxylic acids is 4. The normalized spacial score (nSPS) is 27.5. The standard InChI is InChI=1S/C22H38N2O6/c1-11(2)15-21(27)29-18(14(7)8)20(26)24(10)16(12(3)4)22(28)30-17(13(5)6)19(25)23(15)9/h11-18H,1-10H3/t15-,16+,17-,18-/m1/s1. The average Bonchev–Trinajstić information content (AvgIpc) is 2.61. The molecule has 30 heavy (non-hydrogen) atoms. The highest BCUT2D eigenvalue weighted by Crippen LogP contribution is 2.24.